The van der Waals surface area contributed by atoms with Crippen molar-refractivity contribution in [3.05, 3.63) is 59.2 Å². The summed E-state index contributed by atoms with van der Waals surface area (Å²) in [5.41, 5.74) is 2.06. The molecule has 0 radical (unpaired) electrons. The Bertz CT molecular complexity index is 1250. The topological polar surface area (TPSA) is 96.6 Å². The number of fused-ring (bicyclic) bond motifs is 1. The number of amides is 1. The van der Waals surface area contributed by atoms with E-state index in [4.69, 9.17) is 19.6 Å². The van der Waals surface area contributed by atoms with E-state index in [0.29, 0.717) is 48.0 Å². The molecule has 8 nitrogen and oxygen atoms in total. The zero-order chi connectivity index (χ0) is 25.7. The molecule has 1 unspecified atom stereocenters. The van der Waals surface area contributed by atoms with Gasteiger partial charge in [-0.15, -0.1) is 0 Å². The predicted molar refractivity (Wildman–Crippen MR) is 144 cm³/mol. The number of hydrogen-bond acceptors (Lipinski definition) is 7. The van der Waals surface area contributed by atoms with Gasteiger partial charge in [-0.25, -0.2) is 0 Å². The standard InChI is InChI=1S/C27H30N4O4S/c1-5-17(3)20-9-7-8-10-22(20)34-13-14-35-23-12-11-19(16-24(23)33-6-2)15-21-25(28)31-27(29-26(21)32)36-18(4)30-31/h7-12,15-17,28H,5-6,13-14H2,1-4H3/b21-15-,28-25?. The number of nitrogens with zero attached hydrogens (tertiary/aromatic N) is 3. The molecule has 1 atom stereocenters. The maximum absolute atomic E-state index is 12.6. The van der Waals surface area contributed by atoms with Crippen LogP contribution < -0.4 is 14.2 Å². The molecule has 0 spiro atoms. The Morgan fingerprint density at radius 3 is 2.56 bits per heavy atom. The minimum absolute atomic E-state index is 0.00228. The highest BCUT2D eigenvalue weighted by Gasteiger charge is 2.34. The zero-order valence-electron chi connectivity index (χ0n) is 20.9. The van der Waals surface area contributed by atoms with Crippen molar-refractivity contribution in [2.45, 2.75) is 40.0 Å². The first-order chi connectivity index (χ1) is 17.4. The molecule has 2 aromatic rings. The Kier molecular flexibility index (Phi) is 8.10. The number of carbonyl (C=O) groups excluding carboxylic acids is 1. The second-order valence-electron chi connectivity index (χ2n) is 8.32. The van der Waals surface area contributed by atoms with Crippen LogP contribution in [0, 0.1) is 5.41 Å². The van der Waals surface area contributed by atoms with Gasteiger partial charge >= 0.3 is 0 Å². The number of ether oxygens (including phenoxy) is 3. The average molecular weight is 507 g/mol. The number of amidine groups is 2. The molecule has 2 aliphatic rings. The highest BCUT2D eigenvalue weighted by Crippen LogP contribution is 2.32. The summed E-state index contributed by atoms with van der Waals surface area (Å²) >= 11 is 1.28. The van der Waals surface area contributed by atoms with E-state index in [1.165, 1.54) is 22.3 Å². The third kappa shape index (κ3) is 5.62. The molecule has 2 aromatic carbocycles. The van der Waals surface area contributed by atoms with Crippen LogP contribution in [0.4, 0.5) is 0 Å². The van der Waals surface area contributed by atoms with Crippen LogP contribution in [0.5, 0.6) is 17.2 Å². The van der Waals surface area contributed by atoms with Crippen LogP contribution >= 0.6 is 11.8 Å². The second kappa shape index (κ2) is 11.4. The maximum atomic E-state index is 12.6. The first kappa shape index (κ1) is 25.5. The molecule has 36 heavy (non-hydrogen) atoms. The lowest BCUT2D eigenvalue weighted by Crippen LogP contribution is -2.35. The van der Waals surface area contributed by atoms with Gasteiger partial charge in [0, 0.05) is 0 Å². The maximum Gasteiger partial charge on any atom is 0.283 e. The quantitative estimate of drug-likeness (QED) is 0.328. The van der Waals surface area contributed by atoms with Crippen LogP contribution in [0.1, 0.15) is 51.2 Å². The minimum atomic E-state index is -0.461. The monoisotopic (exact) mass is 506 g/mol. The van der Waals surface area contributed by atoms with Crippen molar-refractivity contribution >= 4 is 39.8 Å². The molecule has 0 bridgehead atoms. The van der Waals surface area contributed by atoms with Gasteiger partial charge in [0.25, 0.3) is 5.91 Å². The number of hydrazone groups is 1. The smallest absolute Gasteiger partial charge is 0.283 e. The molecule has 0 aromatic heterocycles. The Balaban J connectivity index is 1.45. The normalized spacial score (nSPS) is 17.0. The van der Waals surface area contributed by atoms with E-state index in [9.17, 15) is 4.79 Å². The van der Waals surface area contributed by atoms with Gasteiger partial charge in [-0.05, 0) is 73.4 Å². The van der Waals surface area contributed by atoms with Crippen LogP contribution in [0.2, 0.25) is 0 Å². The van der Waals surface area contributed by atoms with E-state index >= 15 is 0 Å². The fourth-order valence-corrected chi connectivity index (χ4v) is 4.53. The first-order valence-electron chi connectivity index (χ1n) is 12.0. The molecule has 1 N–H and O–H groups in total. The average Bonchev–Trinajstić information content (AvgIpc) is 3.25. The van der Waals surface area contributed by atoms with Crippen LogP contribution in [-0.2, 0) is 4.79 Å². The fourth-order valence-electron chi connectivity index (χ4n) is 3.80. The molecule has 0 saturated heterocycles. The lowest BCUT2D eigenvalue weighted by Gasteiger charge is -2.20. The summed E-state index contributed by atoms with van der Waals surface area (Å²) in [6.45, 7) is 9.26. The molecule has 188 valence electrons. The lowest BCUT2D eigenvalue weighted by atomic mass is 9.98. The van der Waals surface area contributed by atoms with Gasteiger partial charge in [-0.2, -0.15) is 15.1 Å². The van der Waals surface area contributed by atoms with Gasteiger partial charge in [-0.1, -0.05) is 38.1 Å². The summed E-state index contributed by atoms with van der Waals surface area (Å²) in [7, 11) is 0. The first-order valence-corrected chi connectivity index (χ1v) is 12.8. The summed E-state index contributed by atoms with van der Waals surface area (Å²) in [5.74, 6) is 1.97. The van der Waals surface area contributed by atoms with Crippen molar-refractivity contribution in [3.8, 4) is 17.2 Å². The van der Waals surface area contributed by atoms with Gasteiger partial charge < -0.3 is 14.2 Å². The van der Waals surface area contributed by atoms with Crippen LogP contribution in [0.15, 0.2) is 58.1 Å². The highest BCUT2D eigenvalue weighted by molar-refractivity contribution is 8.26. The van der Waals surface area contributed by atoms with E-state index in [2.05, 4.69) is 30.0 Å². The summed E-state index contributed by atoms with van der Waals surface area (Å²) < 4.78 is 17.8. The summed E-state index contributed by atoms with van der Waals surface area (Å²) in [6.07, 6.45) is 2.67. The van der Waals surface area contributed by atoms with Crippen molar-refractivity contribution in [1.29, 1.82) is 5.41 Å². The highest BCUT2D eigenvalue weighted by atomic mass is 32.2. The number of nitrogens with one attached hydrogen (secondary N) is 1. The van der Waals surface area contributed by atoms with Crippen molar-refractivity contribution < 1.29 is 19.0 Å². The number of para-hydroxylation sites is 1. The van der Waals surface area contributed by atoms with E-state index in [1.54, 1.807) is 18.2 Å². The van der Waals surface area contributed by atoms with Gasteiger partial charge in [0.15, 0.2) is 17.3 Å². The van der Waals surface area contributed by atoms with Crippen molar-refractivity contribution in [3.63, 3.8) is 0 Å². The summed E-state index contributed by atoms with van der Waals surface area (Å²) in [5, 5.41) is 15.2. The minimum Gasteiger partial charge on any atom is -0.490 e. The van der Waals surface area contributed by atoms with E-state index in [1.807, 2.05) is 38.1 Å². The Hall–Kier alpha value is -3.59. The second-order valence-corrected chi connectivity index (χ2v) is 9.48. The summed E-state index contributed by atoms with van der Waals surface area (Å²) in [6, 6.07) is 13.5. The molecular formula is C27H30N4O4S. The number of hydrogen-bond donors (Lipinski definition) is 1. The van der Waals surface area contributed by atoms with Gasteiger partial charge in [-0.3, -0.25) is 10.2 Å². The molecule has 0 fully saturated rings. The Morgan fingerprint density at radius 1 is 1.06 bits per heavy atom. The number of carbonyl (C=O) groups is 1. The Morgan fingerprint density at radius 2 is 1.81 bits per heavy atom. The largest absolute Gasteiger partial charge is 0.490 e. The third-order valence-corrected chi connectivity index (χ3v) is 6.62. The molecular weight excluding hydrogens is 476 g/mol. The van der Waals surface area contributed by atoms with Crippen molar-refractivity contribution in [2.75, 3.05) is 19.8 Å². The van der Waals surface area contributed by atoms with E-state index < -0.39 is 5.91 Å². The number of rotatable bonds is 10. The van der Waals surface area contributed by atoms with Gasteiger partial charge in [0.2, 0.25) is 5.17 Å². The molecule has 2 aliphatic heterocycles. The van der Waals surface area contributed by atoms with Gasteiger partial charge in [0.05, 0.1) is 17.2 Å². The summed E-state index contributed by atoms with van der Waals surface area (Å²) in [4.78, 5) is 16.6. The molecule has 1 amide bonds. The number of benzene rings is 2. The van der Waals surface area contributed by atoms with Gasteiger partial charge in [0.1, 0.15) is 19.0 Å². The van der Waals surface area contributed by atoms with Crippen LogP contribution in [-0.4, -0.2) is 46.8 Å². The SMILES string of the molecule is CCOc1cc(/C=C2/C(=N)N3N=C(C)SC3=NC2=O)ccc1OCCOc1ccccc1C(C)CC. The molecule has 0 saturated carbocycles. The fraction of sp³-hybridized carbons (Fsp3) is 0.333. The molecule has 2 heterocycles. The van der Waals surface area contributed by atoms with Crippen LogP contribution in [0.3, 0.4) is 0 Å². The van der Waals surface area contributed by atoms with E-state index in [-0.39, 0.29) is 11.4 Å². The molecule has 9 heteroatoms. The third-order valence-electron chi connectivity index (χ3n) is 5.79. The van der Waals surface area contributed by atoms with Crippen molar-refractivity contribution in [2.24, 2.45) is 10.1 Å². The number of aliphatic imine (C=N–C) groups is 1. The number of thioether (sulfide) groups is 1. The zero-order valence-corrected chi connectivity index (χ0v) is 21.7. The van der Waals surface area contributed by atoms with E-state index in [0.717, 1.165) is 17.2 Å². The Labute approximate surface area is 215 Å². The molecule has 0 aliphatic carbocycles. The molecule has 4 rings (SSSR count). The predicted octanol–water partition coefficient (Wildman–Crippen LogP) is 5.70. The van der Waals surface area contributed by atoms with Crippen molar-refractivity contribution in [1.82, 2.24) is 5.01 Å². The van der Waals surface area contributed by atoms with Crippen LogP contribution in [0.25, 0.3) is 6.08 Å². The lowest BCUT2D eigenvalue weighted by molar-refractivity contribution is -0.114.